The SMILES string of the molecule is CCC.COP(/C=C/C1CNCCC(N(C)/C=C\C(=O)NC=O)O1)OC. The normalized spacial score (nSPS) is 20.5. The molecule has 1 rings (SSSR count). The van der Waals surface area contributed by atoms with E-state index in [0.29, 0.717) is 13.0 Å². The second-order valence-corrected chi connectivity index (χ2v) is 7.03. The van der Waals surface area contributed by atoms with Crippen LogP contribution in [0.15, 0.2) is 24.2 Å². The van der Waals surface area contributed by atoms with E-state index in [0.717, 1.165) is 13.0 Å². The summed E-state index contributed by atoms with van der Waals surface area (Å²) in [5.41, 5.74) is 0. The van der Waals surface area contributed by atoms with Gasteiger partial charge in [-0.2, -0.15) is 0 Å². The number of carbonyl (C=O) groups excluding carboxylic acids is 2. The van der Waals surface area contributed by atoms with Crippen molar-refractivity contribution in [3.63, 3.8) is 0 Å². The Morgan fingerprint density at radius 2 is 2.04 bits per heavy atom. The van der Waals surface area contributed by atoms with Crippen LogP contribution in [0.1, 0.15) is 26.7 Å². The second kappa shape index (κ2) is 15.9. The predicted octanol–water partition coefficient (Wildman–Crippen LogP) is 1.94. The van der Waals surface area contributed by atoms with Gasteiger partial charge in [0.1, 0.15) is 6.23 Å². The molecule has 2 amide bonds. The second-order valence-electron chi connectivity index (χ2n) is 5.43. The summed E-state index contributed by atoms with van der Waals surface area (Å²) in [7, 11) is 3.97. The van der Waals surface area contributed by atoms with E-state index in [4.69, 9.17) is 13.8 Å². The van der Waals surface area contributed by atoms with Crippen molar-refractivity contribution in [2.45, 2.75) is 39.0 Å². The Morgan fingerprint density at radius 1 is 1.38 bits per heavy atom. The van der Waals surface area contributed by atoms with Crippen LogP contribution in [0.3, 0.4) is 0 Å². The Kier molecular flexibility index (Phi) is 15.1. The summed E-state index contributed by atoms with van der Waals surface area (Å²) in [4.78, 5) is 23.2. The Labute approximate surface area is 157 Å². The van der Waals surface area contributed by atoms with Crippen molar-refractivity contribution >= 4 is 20.7 Å². The molecule has 1 fully saturated rings. The molecule has 0 aliphatic carbocycles. The highest BCUT2D eigenvalue weighted by molar-refractivity contribution is 7.50. The summed E-state index contributed by atoms with van der Waals surface area (Å²) < 4.78 is 16.4. The Morgan fingerprint density at radius 3 is 2.62 bits per heavy atom. The number of imide groups is 1. The van der Waals surface area contributed by atoms with E-state index in [1.807, 2.05) is 24.3 Å². The van der Waals surface area contributed by atoms with Crippen molar-refractivity contribution in [2.24, 2.45) is 0 Å². The summed E-state index contributed by atoms with van der Waals surface area (Å²) in [6.07, 6.45) is 6.85. The van der Waals surface area contributed by atoms with Crippen LogP contribution in [-0.4, -0.2) is 63.9 Å². The maximum absolute atomic E-state index is 11.3. The van der Waals surface area contributed by atoms with Gasteiger partial charge in [-0.05, 0) is 18.4 Å². The van der Waals surface area contributed by atoms with Gasteiger partial charge in [-0.3, -0.25) is 14.9 Å². The molecule has 0 aromatic heterocycles. The molecule has 0 bridgehead atoms. The third-order valence-electron chi connectivity index (χ3n) is 3.14. The van der Waals surface area contributed by atoms with Gasteiger partial charge in [0.2, 0.25) is 6.41 Å². The van der Waals surface area contributed by atoms with E-state index in [1.165, 1.54) is 12.5 Å². The molecule has 2 atom stereocenters. The van der Waals surface area contributed by atoms with E-state index in [1.54, 1.807) is 25.3 Å². The smallest absolute Gasteiger partial charge is 0.251 e. The number of rotatable bonds is 8. The first-order valence-electron chi connectivity index (χ1n) is 8.58. The van der Waals surface area contributed by atoms with Gasteiger partial charge in [0.15, 0.2) is 8.38 Å². The summed E-state index contributed by atoms with van der Waals surface area (Å²) in [6, 6.07) is 0. The van der Waals surface area contributed by atoms with Gasteiger partial charge in [-0.1, -0.05) is 20.3 Å². The Hall–Kier alpha value is -1.31. The molecule has 2 N–H and O–H groups in total. The zero-order valence-corrected chi connectivity index (χ0v) is 17.2. The molecule has 0 spiro atoms. The van der Waals surface area contributed by atoms with E-state index in [2.05, 4.69) is 19.2 Å². The average Bonchev–Trinajstić information content (AvgIpc) is 2.87. The molecule has 150 valence electrons. The van der Waals surface area contributed by atoms with Crippen molar-refractivity contribution < 1.29 is 23.4 Å². The fourth-order valence-electron chi connectivity index (χ4n) is 1.95. The Balaban J connectivity index is 0.00000194. The highest BCUT2D eigenvalue weighted by Gasteiger charge is 2.21. The molecule has 0 radical (unpaired) electrons. The highest BCUT2D eigenvalue weighted by atomic mass is 31.2. The lowest BCUT2D eigenvalue weighted by Gasteiger charge is -2.27. The zero-order chi connectivity index (χ0) is 19.8. The van der Waals surface area contributed by atoms with Gasteiger partial charge in [0, 0.05) is 46.5 Å². The first-order valence-corrected chi connectivity index (χ1v) is 9.83. The third kappa shape index (κ3) is 11.3. The Bertz CT molecular complexity index is 444. The van der Waals surface area contributed by atoms with Crippen LogP contribution in [0.5, 0.6) is 0 Å². The van der Waals surface area contributed by atoms with Crippen molar-refractivity contribution in [1.82, 2.24) is 15.5 Å². The van der Waals surface area contributed by atoms with Crippen LogP contribution in [0, 0.1) is 0 Å². The quantitative estimate of drug-likeness (QED) is 0.373. The number of ether oxygens (including phenoxy) is 1. The molecule has 9 heteroatoms. The van der Waals surface area contributed by atoms with Crippen molar-refractivity contribution in [2.75, 3.05) is 34.4 Å². The molecule has 26 heavy (non-hydrogen) atoms. The van der Waals surface area contributed by atoms with Crippen LogP contribution in [-0.2, 0) is 23.4 Å². The number of nitrogens with one attached hydrogen (secondary N) is 2. The third-order valence-corrected chi connectivity index (χ3v) is 4.28. The van der Waals surface area contributed by atoms with Crippen LogP contribution in [0.2, 0.25) is 0 Å². The van der Waals surface area contributed by atoms with Crippen molar-refractivity contribution in [1.29, 1.82) is 0 Å². The van der Waals surface area contributed by atoms with Gasteiger partial charge in [-0.25, -0.2) is 0 Å². The number of carbonyl (C=O) groups is 2. The maximum Gasteiger partial charge on any atom is 0.251 e. The topological polar surface area (TPSA) is 89.1 Å². The zero-order valence-electron chi connectivity index (χ0n) is 16.3. The molecule has 1 aliphatic heterocycles. The van der Waals surface area contributed by atoms with Gasteiger partial charge in [0.25, 0.3) is 5.91 Å². The molecular formula is C17H32N3O5P. The number of hydrogen-bond acceptors (Lipinski definition) is 7. The van der Waals surface area contributed by atoms with Gasteiger partial charge >= 0.3 is 0 Å². The van der Waals surface area contributed by atoms with Crippen LogP contribution < -0.4 is 10.6 Å². The van der Waals surface area contributed by atoms with E-state index in [9.17, 15) is 9.59 Å². The minimum Gasteiger partial charge on any atom is -0.355 e. The number of amides is 2. The average molecular weight is 389 g/mol. The van der Waals surface area contributed by atoms with Gasteiger partial charge in [0.05, 0.1) is 6.10 Å². The predicted molar refractivity (Wildman–Crippen MR) is 103 cm³/mol. The van der Waals surface area contributed by atoms with Crippen molar-refractivity contribution in [3.8, 4) is 0 Å². The first kappa shape index (κ1) is 24.7. The molecule has 1 heterocycles. The lowest BCUT2D eigenvalue weighted by molar-refractivity contribution is -0.121. The van der Waals surface area contributed by atoms with E-state index in [-0.39, 0.29) is 12.3 Å². The molecule has 1 aliphatic rings. The highest BCUT2D eigenvalue weighted by Crippen LogP contribution is 2.37. The summed E-state index contributed by atoms with van der Waals surface area (Å²) in [5, 5.41) is 5.35. The molecule has 8 nitrogen and oxygen atoms in total. The van der Waals surface area contributed by atoms with Crippen LogP contribution in [0.25, 0.3) is 0 Å². The van der Waals surface area contributed by atoms with Gasteiger partial charge in [-0.15, -0.1) is 0 Å². The van der Waals surface area contributed by atoms with E-state index < -0.39 is 14.3 Å². The molecule has 0 saturated carbocycles. The largest absolute Gasteiger partial charge is 0.355 e. The minimum absolute atomic E-state index is 0.127. The lowest BCUT2D eigenvalue weighted by Crippen LogP contribution is -2.33. The molecule has 1 saturated heterocycles. The maximum atomic E-state index is 11.3. The summed E-state index contributed by atoms with van der Waals surface area (Å²) in [6.45, 7) is 5.74. The molecular weight excluding hydrogens is 357 g/mol. The fourth-order valence-corrected chi connectivity index (χ4v) is 2.68. The molecule has 0 aromatic carbocycles. The molecule has 2 unspecified atom stereocenters. The molecule has 0 aromatic rings. The minimum atomic E-state index is -1.04. The van der Waals surface area contributed by atoms with E-state index >= 15 is 0 Å². The summed E-state index contributed by atoms with van der Waals surface area (Å²) in [5.74, 6) is 1.39. The standard InChI is InChI=1S/C14H24N3O5P.C3H8/c1-17(8-5-13(19)16-11-18)14-4-7-15-10-12(22-14)6-9-23(20-2)21-3;1-3-2/h5-6,8-9,11-12,14-15H,4,7,10H2,1-3H3,(H,16,18,19);3H2,1-2H3/b8-5-,9-6+;. The van der Waals surface area contributed by atoms with Crippen LogP contribution >= 0.6 is 8.38 Å². The van der Waals surface area contributed by atoms with Crippen LogP contribution in [0.4, 0.5) is 0 Å². The van der Waals surface area contributed by atoms with Gasteiger partial charge < -0.3 is 24.0 Å². The number of nitrogens with zero attached hydrogens (tertiary/aromatic N) is 1. The lowest BCUT2D eigenvalue weighted by atomic mass is 10.3. The van der Waals surface area contributed by atoms with Crippen molar-refractivity contribution in [3.05, 3.63) is 24.2 Å². The number of hydrogen-bond donors (Lipinski definition) is 2. The monoisotopic (exact) mass is 389 g/mol. The fraction of sp³-hybridized carbons (Fsp3) is 0.647. The summed E-state index contributed by atoms with van der Waals surface area (Å²) >= 11 is 0. The first-order chi connectivity index (χ1) is 12.5.